The molecule has 0 saturated heterocycles. The zero-order valence-electron chi connectivity index (χ0n) is 10.4. The molecule has 2 N–H and O–H groups in total. The molecule has 0 saturated carbocycles. The largest absolute Gasteiger partial charge is 0.399 e. The summed E-state index contributed by atoms with van der Waals surface area (Å²) in [7, 11) is 0. The van der Waals surface area contributed by atoms with Crippen molar-refractivity contribution in [3.05, 3.63) is 29.8 Å². The summed E-state index contributed by atoms with van der Waals surface area (Å²) in [4.78, 5) is 11.7. The third kappa shape index (κ3) is 4.05. The molecule has 0 aliphatic heterocycles. The Morgan fingerprint density at radius 1 is 1.12 bits per heavy atom. The first-order chi connectivity index (χ1) is 7.49. The molecule has 1 unspecified atom stereocenters. The highest BCUT2D eigenvalue weighted by Crippen LogP contribution is 2.21. The Morgan fingerprint density at radius 3 is 2.19 bits per heavy atom. The van der Waals surface area contributed by atoms with Gasteiger partial charge in [0.2, 0.25) is 0 Å². The summed E-state index contributed by atoms with van der Waals surface area (Å²) < 4.78 is 0. The molecule has 1 aromatic rings. The monoisotopic (exact) mass is 219 g/mol. The van der Waals surface area contributed by atoms with Gasteiger partial charge in [-0.05, 0) is 29.5 Å². The Balaban J connectivity index is 2.55. The second kappa shape index (κ2) is 5.69. The summed E-state index contributed by atoms with van der Waals surface area (Å²) in [6, 6.07) is 7.78. The Hall–Kier alpha value is -1.31. The maximum absolute atomic E-state index is 11.7. The first-order valence-corrected chi connectivity index (χ1v) is 5.86. The van der Waals surface area contributed by atoms with Crippen LogP contribution in [0, 0.1) is 5.92 Å². The summed E-state index contributed by atoms with van der Waals surface area (Å²) in [6.45, 7) is 6.24. The number of carbonyl (C=O) groups is 1. The van der Waals surface area contributed by atoms with Crippen molar-refractivity contribution in [3.63, 3.8) is 0 Å². The molecule has 0 amide bonds. The molecular weight excluding hydrogens is 198 g/mol. The van der Waals surface area contributed by atoms with Gasteiger partial charge in [0.05, 0.1) is 0 Å². The van der Waals surface area contributed by atoms with Crippen LogP contribution in [0.1, 0.15) is 45.1 Å². The molecule has 0 aromatic heterocycles. The van der Waals surface area contributed by atoms with E-state index in [1.165, 1.54) is 5.56 Å². The molecule has 0 heterocycles. The van der Waals surface area contributed by atoms with Crippen LogP contribution in [0.25, 0.3) is 0 Å². The highest BCUT2D eigenvalue weighted by Gasteiger charge is 2.12. The molecule has 2 nitrogen and oxygen atoms in total. The van der Waals surface area contributed by atoms with Gasteiger partial charge in [0, 0.05) is 18.5 Å². The fourth-order valence-corrected chi connectivity index (χ4v) is 1.82. The second-order valence-electron chi connectivity index (χ2n) is 4.91. The Kier molecular flexibility index (Phi) is 4.53. The molecule has 0 bridgehead atoms. The normalized spacial score (nSPS) is 12.8. The van der Waals surface area contributed by atoms with Gasteiger partial charge >= 0.3 is 0 Å². The Labute approximate surface area is 97.9 Å². The van der Waals surface area contributed by atoms with Crippen LogP contribution < -0.4 is 5.73 Å². The van der Waals surface area contributed by atoms with Crippen molar-refractivity contribution in [2.75, 3.05) is 5.73 Å². The predicted octanol–water partition coefficient (Wildman–Crippen LogP) is 3.38. The minimum atomic E-state index is 0.284. The van der Waals surface area contributed by atoms with Gasteiger partial charge in [0.1, 0.15) is 5.78 Å². The quantitative estimate of drug-likeness (QED) is 0.771. The molecule has 16 heavy (non-hydrogen) atoms. The van der Waals surface area contributed by atoms with Crippen molar-refractivity contribution in [2.24, 2.45) is 5.92 Å². The molecule has 0 spiro atoms. The highest BCUT2D eigenvalue weighted by molar-refractivity contribution is 5.79. The lowest BCUT2D eigenvalue weighted by Crippen LogP contribution is -2.07. The average Bonchev–Trinajstić information content (AvgIpc) is 2.16. The maximum atomic E-state index is 11.7. The number of carbonyl (C=O) groups excluding carboxylic acids is 1. The summed E-state index contributed by atoms with van der Waals surface area (Å²) >= 11 is 0. The molecule has 1 aromatic carbocycles. The van der Waals surface area contributed by atoms with E-state index in [-0.39, 0.29) is 5.92 Å². The van der Waals surface area contributed by atoms with Crippen molar-refractivity contribution in [3.8, 4) is 0 Å². The molecule has 2 heteroatoms. The fourth-order valence-electron chi connectivity index (χ4n) is 1.82. The van der Waals surface area contributed by atoms with Crippen LogP contribution in [0.2, 0.25) is 0 Å². The minimum absolute atomic E-state index is 0.284. The number of benzene rings is 1. The van der Waals surface area contributed by atoms with Crippen molar-refractivity contribution in [1.29, 1.82) is 0 Å². The summed E-state index contributed by atoms with van der Waals surface area (Å²) in [5, 5.41) is 0. The lowest BCUT2D eigenvalue weighted by Gasteiger charge is -2.12. The lowest BCUT2D eigenvalue weighted by atomic mass is 9.93. The molecule has 0 fully saturated rings. The van der Waals surface area contributed by atoms with Crippen LogP contribution in [-0.2, 0) is 4.79 Å². The van der Waals surface area contributed by atoms with Gasteiger partial charge in [-0.2, -0.15) is 0 Å². The van der Waals surface area contributed by atoms with E-state index in [9.17, 15) is 4.79 Å². The summed E-state index contributed by atoms with van der Waals surface area (Å²) in [6.07, 6.45) is 1.31. The molecule has 1 rings (SSSR count). The third-order valence-electron chi connectivity index (χ3n) is 2.68. The number of rotatable bonds is 5. The van der Waals surface area contributed by atoms with Crippen LogP contribution in [0.4, 0.5) is 5.69 Å². The van der Waals surface area contributed by atoms with Gasteiger partial charge < -0.3 is 5.73 Å². The minimum Gasteiger partial charge on any atom is -0.399 e. The van der Waals surface area contributed by atoms with Gasteiger partial charge in [-0.15, -0.1) is 0 Å². The summed E-state index contributed by atoms with van der Waals surface area (Å²) in [5.74, 6) is 1.08. The standard InChI is InChI=1S/C14H21NO/c1-10(2)8-14(16)9-11(3)12-4-6-13(15)7-5-12/h4-7,10-11H,8-9,15H2,1-3H3. The molecular formula is C14H21NO. The van der Waals surface area contributed by atoms with E-state index in [4.69, 9.17) is 5.73 Å². The fraction of sp³-hybridized carbons (Fsp3) is 0.500. The summed E-state index contributed by atoms with van der Waals surface area (Å²) in [5.41, 5.74) is 7.58. The van der Waals surface area contributed by atoms with Crippen molar-refractivity contribution in [1.82, 2.24) is 0 Å². The maximum Gasteiger partial charge on any atom is 0.133 e. The number of Topliss-reactive ketones (excluding diaryl/α,β-unsaturated/α-hetero) is 1. The Bertz CT molecular complexity index is 340. The van der Waals surface area contributed by atoms with E-state index >= 15 is 0 Å². The number of hydrogen-bond acceptors (Lipinski definition) is 2. The number of ketones is 1. The topological polar surface area (TPSA) is 43.1 Å². The van der Waals surface area contributed by atoms with E-state index in [1.54, 1.807) is 0 Å². The van der Waals surface area contributed by atoms with Crippen LogP contribution in [0.5, 0.6) is 0 Å². The van der Waals surface area contributed by atoms with Gasteiger partial charge in [-0.25, -0.2) is 0 Å². The molecule has 0 radical (unpaired) electrons. The van der Waals surface area contributed by atoms with Crippen molar-refractivity contribution >= 4 is 11.5 Å². The number of anilines is 1. The van der Waals surface area contributed by atoms with E-state index in [0.29, 0.717) is 24.5 Å². The highest BCUT2D eigenvalue weighted by atomic mass is 16.1. The smallest absolute Gasteiger partial charge is 0.133 e. The van der Waals surface area contributed by atoms with Crippen LogP contribution in [0.3, 0.4) is 0 Å². The Morgan fingerprint density at radius 2 is 1.69 bits per heavy atom. The zero-order chi connectivity index (χ0) is 12.1. The van der Waals surface area contributed by atoms with Crippen LogP contribution in [0.15, 0.2) is 24.3 Å². The van der Waals surface area contributed by atoms with Gasteiger partial charge in [0.15, 0.2) is 0 Å². The van der Waals surface area contributed by atoms with Crippen LogP contribution in [-0.4, -0.2) is 5.78 Å². The molecule has 0 aliphatic carbocycles. The van der Waals surface area contributed by atoms with Gasteiger partial charge in [-0.3, -0.25) is 4.79 Å². The van der Waals surface area contributed by atoms with Gasteiger partial charge in [0.25, 0.3) is 0 Å². The first kappa shape index (κ1) is 12.8. The van der Waals surface area contributed by atoms with E-state index in [1.807, 2.05) is 24.3 Å². The van der Waals surface area contributed by atoms with Gasteiger partial charge in [-0.1, -0.05) is 32.9 Å². The second-order valence-corrected chi connectivity index (χ2v) is 4.91. The predicted molar refractivity (Wildman–Crippen MR) is 68.3 cm³/mol. The number of nitrogen functional groups attached to an aromatic ring is 1. The molecule has 1 atom stereocenters. The van der Waals surface area contributed by atoms with Crippen molar-refractivity contribution < 1.29 is 4.79 Å². The van der Waals surface area contributed by atoms with Crippen LogP contribution >= 0.6 is 0 Å². The average molecular weight is 219 g/mol. The van der Waals surface area contributed by atoms with E-state index < -0.39 is 0 Å². The SMILES string of the molecule is CC(C)CC(=O)CC(C)c1ccc(N)cc1. The number of nitrogens with two attached hydrogens (primary N) is 1. The molecule has 0 aliphatic rings. The number of hydrogen-bond donors (Lipinski definition) is 1. The van der Waals surface area contributed by atoms with E-state index in [2.05, 4.69) is 20.8 Å². The third-order valence-corrected chi connectivity index (χ3v) is 2.68. The first-order valence-electron chi connectivity index (χ1n) is 5.86. The zero-order valence-corrected chi connectivity index (χ0v) is 10.4. The van der Waals surface area contributed by atoms with Crippen molar-refractivity contribution in [2.45, 2.75) is 39.5 Å². The molecule has 88 valence electrons. The van der Waals surface area contributed by atoms with E-state index in [0.717, 1.165) is 5.69 Å². The lowest BCUT2D eigenvalue weighted by molar-refractivity contribution is -0.120.